The van der Waals surface area contributed by atoms with Gasteiger partial charge in [0.05, 0.1) is 11.1 Å². The number of anilines is 1. The number of carbonyl (C=O) groups excluding carboxylic acids is 1. The summed E-state index contributed by atoms with van der Waals surface area (Å²) in [6, 6.07) is 4.65. The van der Waals surface area contributed by atoms with Gasteiger partial charge in [0.2, 0.25) is 5.91 Å². The molecule has 1 aliphatic rings. The van der Waals surface area contributed by atoms with E-state index in [0.717, 1.165) is 31.6 Å². The zero-order valence-electron chi connectivity index (χ0n) is 12.8. The van der Waals surface area contributed by atoms with Gasteiger partial charge < -0.3 is 10.0 Å². The molecule has 0 radical (unpaired) electrons. The number of nitrogens with zero attached hydrogens (tertiary/aromatic N) is 3. The number of carbonyl (C=O) groups is 1. The zero-order chi connectivity index (χ0) is 16.7. The molecule has 0 saturated carbocycles. The maximum absolute atomic E-state index is 11.5. The van der Waals surface area contributed by atoms with Crippen molar-refractivity contribution in [2.24, 2.45) is 5.10 Å². The molecular formula is C15H20N4O4. The first-order valence-corrected chi connectivity index (χ1v) is 7.58. The van der Waals surface area contributed by atoms with Crippen LogP contribution in [0.1, 0.15) is 31.2 Å². The highest BCUT2D eigenvalue weighted by Crippen LogP contribution is 2.27. The molecule has 8 heteroatoms. The molecule has 1 heterocycles. The third kappa shape index (κ3) is 4.75. The van der Waals surface area contributed by atoms with Gasteiger partial charge in [-0.2, -0.15) is 5.10 Å². The second-order valence-electron chi connectivity index (χ2n) is 5.31. The minimum absolute atomic E-state index is 0.0130. The Hall–Kier alpha value is -2.48. The van der Waals surface area contributed by atoms with E-state index >= 15 is 0 Å². The van der Waals surface area contributed by atoms with Gasteiger partial charge in [-0.15, -0.1) is 0 Å². The van der Waals surface area contributed by atoms with Gasteiger partial charge in [0.15, 0.2) is 0 Å². The van der Waals surface area contributed by atoms with Gasteiger partial charge in [-0.1, -0.05) is 0 Å². The van der Waals surface area contributed by atoms with Crippen molar-refractivity contribution < 1.29 is 14.8 Å². The molecular weight excluding hydrogens is 300 g/mol. The highest BCUT2D eigenvalue weighted by atomic mass is 16.6. The number of benzene rings is 1. The summed E-state index contributed by atoms with van der Waals surface area (Å²) < 4.78 is 0. The Labute approximate surface area is 133 Å². The van der Waals surface area contributed by atoms with E-state index in [1.165, 1.54) is 18.3 Å². The molecule has 0 unspecified atom stereocenters. The highest BCUT2D eigenvalue weighted by molar-refractivity contribution is 5.90. The van der Waals surface area contributed by atoms with E-state index in [4.69, 9.17) is 5.11 Å². The second kappa shape index (κ2) is 8.23. The summed E-state index contributed by atoms with van der Waals surface area (Å²) >= 11 is 0. The first-order valence-electron chi connectivity index (χ1n) is 7.58. The van der Waals surface area contributed by atoms with Crippen LogP contribution < -0.4 is 10.3 Å². The minimum atomic E-state index is -0.453. The minimum Gasteiger partial charge on any atom is -0.396 e. The Kier molecular flexibility index (Phi) is 6.04. The van der Waals surface area contributed by atoms with Gasteiger partial charge in [0.25, 0.3) is 5.69 Å². The summed E-state index contributed by atoms with van der Waals surface area (Å²) in [5, 5.41) is 23.5. The predicted molar refractivity (Wildman–Crippen MR) is 86.6 cm³/mol. The van der Waals surface area contributed by atoms with E-state index in [1.807, 2.05) is 0 Å². The van der Waals surface area contributed by atoms with Crippen molar-refractivity contribution in [1.29, 1.82) is 0 Å². The zero-order valence-corrected chi connectivity index (χ0v) is 12.8. The quantitative estimate of drug-likeness (QED) is 0.449. The van der Waals surface area contributed by atoms with Crippen molar-refractivity contribution in [3.63, 3.8) is 0 Å². The molecule has 2 N–H and O–H groups in total. The molecule has 0 atom stereocenters. The number of rotatable bonds is 7. The number of aliphatic hydroxyl groups is 1. The summed E-state index contributed by atoms with van der Waals surface area (Å²) in [7, 11) is 0. The maximum Gasteiger partial charge on any atom is 0.270 e. The summed E-state index contributed by atoms with van der Waals surface area (Å²) in [6.07, 6.45) is 4.16. The number of hydrogen-bond donors (Lipinski definition) is 2. The Morgan fingerprint density at radius 3 is 2.83 bits per heavy atom. The molecule has 124 valence electrons. The molecule has 0 aliphatic carbocycles. The molecule has 1 saturated heterocycles. The number of nitro groups is 1. The van der Waals surface area contributed by atoms with Gasteiger partial charge in [-0.3, -0.25) is 14.9 Å². The normalized spacial score (nSPS) is 14.4. The van der Waals surface area contributed by atoms with Gasteiger partial charge in [0.1, 0.15) is 0 Å². The monoisotopic (exact) mass is 320 g/mol. The standard InChI is InChI=1S/C15H20N4O4/c20-9-3-4-15(21)17-16-11-12-10-13(19(22)23)5-6-14(12)18-7-1-2-8-18/h5-6,10-11,20H,1-4,7-9H2,(H,17,21)/b16-11+. The van der Waals surface area contributed by atoms with E-state index in [-0.39, 0.29) is 24.6 Å². The summed E-state index contributed by atoms with van der Waals surface area (Å²) in [4.78, 5) is 24.1. The van der Waals surface area contributed by atoms with E-state index in [0.29, 0.717) is 12.0 Å². The number of nitro benzene ring substituents is 1. The number of hydrogen-bond acceptors (Lipinski definition) is 6. The lowest BCUT2D eigenvalue weighted by Gasteiger charge is -2.19. The third-order valence-corrected chi connectivity index (χ3v) is 3.62. The average Bonchev–Trinajstić information content (AvgIpc) is 3.07. The summed E-state index contributed by atoms with van der Waals surface area (Å²) in [5.41, 5.74) is 3.83. The van der Waals surface area contributed by atoms with Crippen LogP contribution in [0.25, 0.3) is 0 Å². The number of amides is 1. The van der Waals surface area contributed by atoms with Gasteiger partial charge in [-0.05, 0) is 25.3 Å². The van der Waals surface area contributed by atoms with Crippen LogP contribution in [0, 0.1) is 10.1 Å². The summed E-state index contributed by atoms with van der Waals surface area (Å²) in [5.74, 6) is -0.302. The van der Waals surface area contributed by atoms with E-state index < -0.39 is 4.92 Å². The van der Waals surface area contributed by atoms with E-state index in [2.05, 4.69) is 15.4 Å². The summed E-state index contributed by atoms with van der Waals surface area (Å²) in [6.45, 7) is 1.75. The molecule has 8 nitrogen and oxygen atoms in total. The molecule has 2 rings (SSSR count). The molecule has 0 bridgehead atoms. The predicted octanol–water partition coefficient (Wildman–Crippen LogP) is 1.42. The van der Waals surface area contributed by atoms with Crippen LogP contribution in [0.5, 0.6) is 0 Å². The third-order valence-electron chi connectivity index (χ3n) is 3.62. The number of nitrogens with one attached hydrogen (secondary N) is 1. The fraction of sp³-hybridized carbons (Fsp3) is 0.467. The average molecular weight is 320 g/mol. The molecule has 1 amide bonds. The SMILES string of the molecule is O=C(CCCO)N/N=C/c1cc([N+](=O)[O-])ccc1N1CCCC1. The Morgan fingerprint density at radius 1 is 1.43 bits per heavy atom. The topological polar surface area (TPSA) is 108 Å². The van der Waals surface area contributed by atoms with Crippen molar-refractivity contribution in [3.8, 4) is 0 Å². The fourth-order valence-corrected chi connectivity index (χ4v) is 2.47. The molecule has 0 aromatic heterocycles. The van der Waals surface area contributed by atoms with Crippen molar-refractivity contribution in [2.45, 2.75) is 25.7 Å². The van der Waals surface area contributed by atoms with Crippen LogP contribution >= 0.6 is 0 Å². The molecule has 1 aromatic carbocycles. The fourth-order valence-electron chi connectivity index (χ4n) is 2.47. The van der Waals surface area contributed by atoms with Gasteiger partial charge in [-0.25, -0.2) is 5.43 Å². The Balaban J connectivity index is 2.14. The van der Waals surface area contributed by atoms with Crippen LogP contribution in [0.2, 0.25) is 0 Å². The molecule has 23 heavy (non-hydrogen) atoms. The lowest BCUT2D eigenvalue weighted by atomic mass is 10.1. The smallest absolute Gasteiger partial charge is 0.270 e. The lowest BCUT2D eigenvalue weighted by molar-refractivity contribution is -0.384. The number of aliphatic hydroxyl groups excluding tert-OH is 1. The van der Waals surface area contributed by atoms with Gasteiger partial charge >= 0.3 is 0 Å². The molecule has 1 aromatic rings. The van der Waals surface area contributed by atoms with Crippen LogP contribution in [-0.4, -0.2) is 41.8 Å². The Morgan fingerprint density at radius 2 is 2.17 bits per heavy atom. The highest BCUT2D eigenvalue weighted by Gasteiger charge is 2.17. The first kappa shape index (κ1) is 16.9. The van der Waals surface area contributed by atoms with E-state index in [1.54, 1.807) is 6.07 Å². The first-order chi connectivity index (χ1) is 11.1. The van der Waals surface area contributed by atoms with Crippen LogP contribution in [0.15, 0.2) is 23.3 Å². The van der Waals surface area contributed by atoms with Crippen molar-refractivity contribution in [3.05, 3.63) is 33.9 Å². The largest absolute Gasteiger partial charge is 0.396 e. The number of non-ortho nitro benzene ring substituents is 1. The van der Waals surface area contributed by atoms with Crippen LogP contribution in [0.4, 0.5) is 11.4 Å². The second-order valence-corrected chi connectivity index (χ2v) is 5.31. The van der Waals surface area contributed by atoms with Crippen molar-refractivity contribution >= 4 is 23.5 Å². The molecule has 0 spiro atoms. The van der Waals surface area contributed by atoms with Crippen molar-refractivity contribution in [2.75, 3.05) is 24.6 Å². The maximum atomic E-state index is 11.5. The van der Waals surface area contributed by atoms with Crippen molar-refractivity contribution in [1.82, 2.24) is 5.43 Å². The van der Waals surface area contributed by atoms with Crippen LogP contribution in [0.3, 0.4) is 0 Å². The number of hydrazone groups is 1. The Bertz CT molecular complexity index is 597. The lowest BCUT2D eigenvalue weighted by Crippen LogP contribution is -2.20. The van der Waals surface area contributed by atoms with E-state index in [9.17, 15) is 14.9 Å². The van der Waals surface area contributed by atoms with Gasteiger partial charge in [0, 0.05) is 49.5 Å². The molecule has 1 aliphatic heterocycles. The van der Waals surface area contributed by atoms with Crippen LogP contribution in [-0.2, 0) is 4.79 Å². The molecule has 1 fully saturated rings.